The van der Waals surface area contributed by atoms with Crippen molar-refractivity contribution in [2.45, 2.75) is 13.8 Å². The SMILES string of the molecule is Cc1ccc(-n2ncc3c(Oc4ccccc4C)ncnc32)cc1. The fourth-order valence-electron chi connectivity index (χ4n) is 2.55. The van der Waals surface area contributed by atoms with Crippen LogP contribution in [0.15, 0.2) is 61.1 Å². The minimum atomic E-state index is 0.507. The highest BCUT2D eigenvalue weighted by atomic mass is 16.5. The topological polar surface area (TPSA) is 52.8 Å². The molecular weight excluding hydrogens is 300 g/mol. The zero-order chi connectivity index (χ0) is 16.5. The summed E-state index contributed by atoms with van der Waals surface area (Å²) in [6, 6.07) is 16.0. The van der Waals surface area contributed by atoms with Gasteiger partial charge in [0.15, 0.2) is 5.65 Å². The van der Waals surface area contributed by atoms with E-state index in [4.69, 9.17) is 4.74 Å². The van der Waals surface area contributed by atoms with Crippen molar-refractivity contribution in [3.8, 4) is 17.3 Å². The number of aromatic nitrogens is 4. The van der Waals surface area contributed by atoms with Gasteiger partial charge in [0.1, 0.15) is 17.5 Å². The molecule has 0 N–H and O–H groups in total. The Bertz CT molecular complexity index is 1010. The number of benzene rings is 2. The Hall–Kier alpha value is -3.21. The maximum Gasteiger partial charge on any atom is 0.233 e. The minimum absolute atomic E-state index is 0.507. The summed E-state index contributed by atoms with van der Waals surface area (Å²) in [4.78, 5) is 8.65. The number of rotatable bonds is 3. The van der Waals surface area contributed by atoms with Crippen molar-refractivity contribution in [1.29, 1.82) is 0 Å². The van der Waals surface area contributed by atoms with E-state index < -0.39 is 0 Å². The van der Waals surface area contributed by atoms with Crippen LogP contribution in [0.1, 0.15) is 11.1 Å². The van der Waals surface area contributed by atoms with E-state index in [1.807, 2.05) is 43.3 Å². The number of aryl methyl sites for hydroxylation is 2. The maximum absolute atomic E-state index is 5.99. The monoisotopic (exact) mass is 316 g/mol. The third-order valence-corrected chi connectivity index (χ3v) is 3.91. The summed E-state index contributed by atoms with van der Waals surface area (Å²) in [6.07, 6.45) is 3.24. The molecular formula is C19H16N4O. The average Bonchev–Trinajstić information content (AvgIpc) is 3.03. The van der Waals surface area contributed by atoms with Gasteiger partial charge < -0.3 is 4.74 Å². The van der Waals surface area contributed by atoms with E-state index in [2.05, 4.69) is 34.1 Å². The molecule has 0 spiro atoms. The molecule has 0 saturated heterocycles. The lowest BCUT2D eigenvalue weighted by Crippen LogP contribution is -1.98. The standard InChI is InChI=1S/C19H16N4O/c1-13-7-9-15(10-8-13)23-18-16(11-22-23)19(21-12-20-18)24-17-6-4-3-5-14(17)2/h3-12H,1-2H3. The first-order chi connectivity index (χ1) is 11.7. The minimum Gasteiger partial charge on any atom is -0.438 e. The maximum atomic E-state index is 5.99. The largest absolute Gasteiger partial charge is 0.438 e. The lowest BCUT2D eigenvalue weighted by Gasteiger charge is -2.08. The van der Waals surface area contributed by atoms with E-state index in [1.54, 1.807) is 10.9 Å². The van der Waals surface area contributed by atoms with Crippen molar-refractivity contribution in [1.82, 2.24) is 19.7 Å². The number of fused-ring (bicyclic) bond motifs is 1. The van der Waals surface area contributed by atoms with Crippen LogP contribution in [0.25, 0.3) is 16.7 Å². The van der Waals surface area contributed by atoms with Crippen molar-refractivity contribution in [2.75, 3.05) is 0 Å². The first kappa shape index (κ1) is 14.4. The quantitative estimate of drug-likeness (QED) is 0.568. The van der Waals surface area contributed by atoms with E-state index in [0.29, 0.717) is 5.88 Å². The van der Waals surface area contributed by atoms with Crippen LogP contribution in [-0.4, -0.2) is 19.7 Å². The van der Waals surface area contributed by atoms with Crippen LogP contribution in [0.4, 0.5) is 0 Å². The molecule has 0 aliphatic heterocycles. The van der Waals surface area contributed by atoms with Crippen molar-refractivity contribution in [3.63, 3.8) is 0 Å². The third-order valence-electron chi connectivity index (χ3n) is 3.91. The molecule has 0 unspecified atom stereocenters. The molecule has 0 saturated carbocycles. The molecule has 2 aromatic carbocycles. The van der Waals surface area contributed by atoms with Gasteiger partial charge in [0.25, 0.3) is 0 Å². The van der Waals surface area contributed by atoms with Gasteiger partial charge in [0, 0.05) is 0 Å². The van der Waals surface area contributed by atoms with Gasteiger partial charge in [0.2, 0.25) is 5.88 Å². The fraction of sp³-hybridized carbons (Fsp3) is 0.105. The van der Waals surface area contributed by atoms with Crippen LogP contribution in [0.2, 0.25) is 0 Å². The Labute approximate surface area is 139 Å². The zero-order valence-corrected chi connectivity index (χ0v) is 13.5. The van der Waals surface area contributed by atoms with Crippen LogP contribution >= 0.6 is 0 Å². The molecule has 0 radical (unpaired) electrons. The normalized spacial score (nSPS) is 10.9. The Morgan fingerprint density at radius 1 is 0.917 bits per heavy atom. The molecule has 0 atom stereocenters. The van der Waals surface area contributed by atoms with E-state index in [9.17, 15) is 0 Å². The third kappa shape index (κ3) is 2.50. The summed E-state index contributed by atoms with van der Waals surface area (Å²) >= 11 is 0. The number of nitrogens with zero attached hydrogens (tertiary/aromatic N) is 4. The smallest absolute Gasteiger partial charge is 0.233 e. The predicted molar refractivity (Wildman–Crippen MR) is 92.7 cm³/mol. The van der Waals surface area contributed by atoms with E-state index in [-0.39, 0.29) is 0 Å². The molecule has 4 aromatic rings. The van der Waals surface area contributed by atoms with Gasteiger partial charge in [-0.15, -0.1) is 0 Å². The van der Waals surface area contributed by atoms with Crippen molar-refractivity contribution < 1.29 is 4.74 Å². The molecule has 0 amide bonds. The molecule has 0 fully saturated rings. The van der Waals surface area contributed by atoms with Crippen LogP contribution in [0.5, 0.6) is 11.6 Å². The molecule has 0 aliphatic carbocycles. The molecule has 5 nitrogen and oxygen atoms in total. The Morgan fingerprint density at radius 3 is 2.50 bits per heavy atom. The van der Waals surface area contributed by atoms with E-state index in [1.165, 1.54) is 11.9 Å². The molecule has 4 rings (SSSR count). The molecule has 118 valence electrons. The first-order valence-corrected chi connectivity index (χ1v) is 7.71. The van der Waals surface area contributed by atoms with E-state index in [0.717, 1.165) is 28.0 Å². The highest BCUT2D eigenvalue weighted by molar-refractivity contribution is 5.81. The molecule has 2 heterocycles. The highest BCUT2D eigenvalue weighted by Gasteiger charge is 2.13. The van der Waals surface area contributed by atoms with Crippen molar-refractivity contribution >= 4 is 11.0 Å². The molecule has 0 bridgehead atoms. The summed E-state index contributed by atoms with van der Waals surface area (Å²) in [6.45, 7) is 4.06. The second-order valence-electron chi connectivity index (χ2n) is 5.68. The summed E-state index contributed by atoms with van der Waals surface area (Å²) < 4.78 is 7.78. The van der Waals surface area contributed by atoms with Crippen LogP contribution in [0, 0.1) is 13.8 Å². The number of hydrogen-bond donors (Lipinski definition) is 0. The Balaban J connectivity index is 1.79. The number of para-hydroxylation sites is 1. The van der Waals surface area contributed by atoms with Crippen LogP contribution < -0.4 is 4.74 Å². The molecule has 2 aromatic heterocycles. The first-order valence-electron chi connectivity index (χ1n) is 7.71. The zero-order valence-electron chi connectivity index (χ0n) is 13.5. The summed E-state index contributed by atoms with van der Waals surface area (Å²) in [5.41, 5.74) is 3.93. The number of ether oxygens (including phenoxy) is 1. The van der Waals surface area contributed by atoms with Gasteiger partial charge in [-0.1, -0.05) is 35.9 Å². The Kier molecular flexibility index (Phi) is 3.46. The summed E-state index contributed by atoms with van der Waals surface area (Å²) in [5.74, 6) is 1.29. The Morgan fingerprint density at radius 2 is 1.71 bits per heavy atom. The second kappa shape index (κ2) is 5.77. The second-order valence-corrected chi connectivity index (χ2v) is 5.68. The van der Waals surface area contributed by atoms with Gasteiger partial charge in [0.05, 0.1) is 11.9 Å². The lowest BCUT2D eigenvalue weighted by molar-refractivity contribution is 0.464. The van der Waals surface area contributed by atoms with Crippen LogP contribution in [-0.2, 0) is 0 Å². The summed E-state index contributed by atoms with van der Waals surface area (Å²) in [7, 11) is 0. The van der Waals surface area contributed by atoms with Gasteiger partial charge >= 0.3 is 0 Å². The van der Waals surface area contributed by atoms with Gasteiger partial charge in [-0.05, 0) is 37.6 Å². The van der Waals surface area contributed by atoms with Crippen LogP contribution in [0.3, 0.4) is 0 Å². The highest BCUT2D eigenvalue weighted by Crippen LogP contribution is 2.29. The van der Waals surface area contributed by atoms with Gasteiger partial charge in [-0.25, -0.2) is 14.6 Å². The van der Waals surface area contributed by atoms with Crippen molar-refractivity contribution in [3.05, 3.63) is 72.2 Å². The molecule has 5 heteroatoms. The van der Waals surface area contributed by atoms with E-state index >= 15 is 0 Å². The van der Waals surface area contributed by atoms with Gasteiger partial charge in [-0.3, -0.25) is 0 Å². The number of hydrogen-bond acceptors (Lipinski definition) is 4. The average molecular weight is 316 g/mol. The van der Waals surface area contributed by atoms with Gasteiger partial charge in [-0.2, -0.15) is 5.10 Å². The predicted octanol–water partition coefficient (Wildman–Crippen LogP) is 4.22. The summed E-state index contributed by atoms with van der Waals surface area (Å²) in [5, 5.41) is 5.23. The lowest BCUT2D eigenvalue weighted by atomic mass is 10.2. The fourth-order valence-corrected chi connectivity index (χ4v) is 2.55. The van der Waals surface area contributed by atoms with Crippen molar-refractivity contribution in [2.24, 2.45) is 0 Å². The molecule has 0 aliphatic rings. The molecule has 24 heavy (non-hydrogen) atoms.